The van der Waals surface area contributed by atoms with Gasteiger partial charge in [0.05, 0.1) is 0 Å². The van der Waals surface area contributed by atoms with E-state index in [2.05, 4.69) is 0 Å². The number of halogens is 4. The summed E-state index contributed by atoms with van der Waals surface area (Å²) in [5.74, 6) is 0.0710. The summed E-state index contributed by atoms with van der Waals surface area (Å²) in [4.78, 5) is 0. The van der Waals surface area contributed by atoms with Crippen molar-refractivity contribution in [3.63, 3.8) is 0 Å². The van der Waals surface area contributed by atoms with Crippen molar-refractivity contribution in [2.24, 2.45) is 5.73 Å². The molecule has 2 N–H and O–H groups in total. The van der Waals surface area contributed by atoms with Crippen LogP contribution in [0, 0.1) is 5.82 Å². The van der Waals surface area contributed by atoms with E-state index in [4.69, 9.17) is 10.5 Å². The molecular formula is C15H13F4NO. The molecule has 2 nitrogen and oxygen atoms in total. The van der Waals surface area contributed by atoms with E-state index in [0.717, 1.165) is 5.56 Å². The molecule has 0 aliphatic carbocycles. The minimum atomic E-state index is -4.48. The lowest BCUT2D eigenvalue weighted by Gasteiger charge is -2.16. The Bertz CT molecular complexity index is 578. The SMILES string of the molecule is N[C@H](c1ccc(OCc2ccc(F)cc2)cc1)C(F)(F)F. The molecule has 6 heteroatoms. The average molecular weight is 299 g/mol. The molecule has 0 radical (unpaired) electrons. The van der Waals surface area contributed by atoms with Gasteiger partial charge in [0.1, 0.15) is 24.2 Å². The summed E-state index contributed by atoms with van der Waals surface area (Å²) in [5, 5.41) is 0. The Morgan fingerprint density at radius 2 is 1.52 bits per heavy atom. The van der Waals surface area contributed by atoms with Gasteiger partial charge in [-0.2, -0.15) is 13.2 Å². The first kappa shape index (κ1) is 15.3. The normalized spacial score (nSPS) is 13.0. The maximum absolute atomic E-state index is 12.7. The fourth-order valence-corrected chi connectivity index (χ4v) is 1.71. The van der Waals surface area contributed by atoms with E-state index in [1.807, 2.05) is 0 Å². The number of rotatable bonds is 4. The Morgan fingerprint density at radius 3 is 2.05 bits per heavy atom. The van der Waals surface area contributed by atoms with E-state index < -0.39 is 12.2 Å². The molecule has 2 aromatic rings. The third kappa shape index (κ3) is 4.19. The van der Waals surface area contributed by atoms with Crippen molar-refractivity contribution in [2.45, 2.75) is 18.8 Å². The molecule has 0 aromatic heterocycles. The molecule has 2 aromatic carbocycles. The second kappa shape index (κ2) is 6.13. The van der Waals surface area contributed by atoms with Gasteiger partial charge in [0, 0.05) is 0 Å². The molecule has 0 spiro atoms. The predicted molar refractivity (Wildman–Crippen MR) is 70.2 cm³/mol. The zero-order valence-corrected chi connectivity index (χ0v) is 10.9. The lowest BCUT2D eigenvalue weighted by atomic mass is 10.1. The van der Waals surface area contributed by atoms with Crippen molar-refractivity contribution >= 4 is 0 Å². The van der Waals surface area contributed by atoms with Gasteiger partial charge in [0.25, 0.3) is 0 Å². The Hall–Kier alpha value is -2.08. The number of hydrogen-bond donors (Lipinski definition) is 1. The Morgan fingerprint density at radius 1 is 0.952 bits per heavy atom. The monoisotopic (exact) mass is 299 g/mol. The summed E-state index contributed by atoms with van der Waals surface area (Å²) in [6.45, 7) is 0.199. The summed E-state index contributed by atoms with van der Waals surface area (Å²) in [6, 6.07) is 9.15. The lowest BCUT2D eigenvalue weighted by molar-refractivity contribution is -0.149. The van der Waals surface area contributed by atoms with E-state index in [0.29, 0.717) is 5.75 Å². The molecule has 1 atom stereocenters. The number of alkyl halides is 3. The Labute approximate surface area is 119 Å². The van der Waals surface area contributed by atoms with E-state index in [9.17, 15) is 17.6 Å². The van der Waals surface area contributed by atoms with Crippen molar-refractivity contribution in [1.29, 1.82) is 0 Å². The zero-order chi connectivity index (χ0) is 15.5. The first-order chi connectivity index (χ1) is 9.86. The van der Waals surface area contributed by atoms with Crippen molar-refractivity contribution in [1.82, 2.24) is 0 Å². The lowest BCUT2D eigenvalue weighted by Crippen LogP contribution is -2.28. The molecule has 0 amide bonds. The molecule has 0 saturated carbocycles. The van der Waals surface area contributed by atoms with Gasteiger partial charge >= 0.3 is 6.18 Å². The van der Waals surface area contributed by atoms with E-state index in [1.54, 1.807) is 12.1 Å². The zero-order valence-electron chi connectivity index (χ0n) is 10.9. The van der Waals surface area contributed by atoms with Gasteiger partial charge in [-0.3, -0.25) is 0 Å². The molecule has 0 aliphatic rings. The highest BCUT2D eigenvalue weighted by Crippen LogP contribution is 2.31. The average Bonchev–Trinajstić information content (AvgIpc) is 2.45. The van der Waals surface area contributed by atoms with Crippen LogP contribution in [0.4, 0.5) is 17.6 Å². The number of hydrogen-bond acceptors (Lipinski definition) is 2. The third-order valence-electron chi connectivity index (χ3n) is 2.91. The molecule has 112 valence electrons. The molecule has 0 unspecified atom stereocenters. The van der Waals surface area contributed by atoms with E-state index in [-0.39, 0.29) is 18.0 Å². The second-order valence-electron chi connectivity index (χ2n) is 4.50. The predicted octanol–water partition coefficient (Wildman–Crippen LogP) is 3.97. The van der Waals surface area contributed by atoms with Crippen LogP contribution in [0.15, 0.2) is 48.5 Å². The summed E-state index contributed by atoms with van der Waals surface area (Å²) >= 11 is 0. The highest BCUT2D eigenvalue weighted by molar-refractivity contribution is 5.30. The van der Waals surface area contributed by atoms with Gasteiger partial charge in [-0.15, -0.1) is 0 Å². The summed E-state index contributed by atoms with van der Waals surface area (Å²) < 4.78 is 55.5. The van der Waals surface area contributed by atoms with Crippen LogP contribution in [0.2, 0.25) is 0 Å². The van der Waals surface area contributed by atoms with Gasteiger partial charge in [-0.05, 0) is 35.4 Å². The van der Waals surface area contributed by atoms with Gasteiger partial charge < -0.3 is 10.5 Å². The van der Waals surface area contributed by atoms with Crippen LogP contribution in [0.5, 0.6) is 5.75 Å². The first-order valence-electron chi connectivity index (χ1n) is 6.16. The van der Waals surface area contributed by atoms with Crippen molar-refractivity contribution in [3.05, 3.63) is 65.5 Å². The van der Waals surface area contributed by atoms with E-state index in [1.165, 1.54) is 36.4 Å². The van der Waals surface area contributed by atoms with Crippen LogP contribution in [-0.4, -0.2) is 6.18 Å². The van der Waals surface area contributed by atoms with Crippen LogP contribution in [0.25, 0.3) is 0 Å². The molecule has 0 bridgehead atoms. The van der Waals surface area contributed by atoms with Crippen molar-refractivity contribution in [3.8, 4) is 5.75 Å². The topological polar surface area (TPSA) is 35.2 Å². The fourth-order valence-electron chi connectivity index (χ4n) is 1.71. The molecule has 0 aliphatic heterocycles. The Kier molecular flexibility index (Phi) is 4.47. The molecule has 21 heavy (non-hydrogen) atoms. The summed E-state index contributed by atoms with van der Waals surface area (Å²) in [5.41, 5.74) is 5.83. The second-order valence-corrected chi connectivity index (χ2v) is 4.50. The molecular weight excluding hydrogens is 286 g/mol. The first-order valence-corrected chi connectivity index (χ1v) is 6.16. The fraction of sp³-hybridized carbons (Fsp3) is 0.200. The minimum absolute atomic E-state index is 0.0309. The van der Waals surface area contributed by atoms with Gasteiger partial charge in [-0.1, -0.05) is 24.3 Å². The van der Waals surface area contributed by atoms with Crippen LogP contribution in [0.3, 0.4) is 0 Å². The van der Waals surface area contributed by atoms with Crippen LogP contribution >= 0.6 is 0 Å². The quantitative estimate of drug-likeness (QED) is 0.867. The summed E-state index contributed by atoms with van der Waals surface area (Å²) in [7, 11) is 0. The van der Waals surface area contributed by atoms with Crippen LogP contribution in [0.1, 0.15) is 17.2 Å². The molecule has 0 heterocycles. The number of ether oxygens (including phenoxy) is 1. The molecule has 2 rings (SSSR count). The smallest absolute Gasteiger partial charge is 0.407 e. The van der Waals surface area contributed by atoms with Gasteiger partial charge in [0.15, 0.2) is 0 Å². The van der Waals surface area contributed by atoms with E-state index >= 15 is 0 Å². The number of benzene rings is 2. The highest BCUT2D eigenvalue weighted by atomic mass is 19.4. The number of nitrogens with two attached hydrogens (primary N) is 1. The maximum Gasteiger partial charge on any atom is 0.407 e. The van der Waals surface area contributed by atoms with Gasteiger partial charge in [-0.25, -0.2) is 4.39 Å². The van der Waals surface area contributed by atoms with Crippen molar-refractivity contribution in [2.75, 3.05) is 0 Å². The minimum Gasteiger partial charge on any atom is -0.489 e. The Balaban J connectivity index is 1.98. The van der Waals surface area contributed by atoms with Crippen LogP contribution < -0.4 is 10.5 Å². The van der Waals surface area contributed by atoms with Gasteiger partial charge in [0.2, 0.25) is 0 Å². The maximum atomic E-state index is 12.7. The third-order valence-corrected chi connectivity index (χ3v) is 2.91. The van der Waals surface area contributed by atoms with Crippen molar-refractivity contribution < 1.29 is 22.3 Å². The molecule has 0 fully saturated rings. The van der Waals surface area contributed by atoms with Crippen LogP contribution in [-0.2, 0) is 6.61 Å². The molecule has 0 saturated heterocycles. The largest absolute Gasteiger partial charge is 0.489 e. The summed E-state index contributed by atoms with van der Waals surface area (Å²) in [6.07, 6.45) is -4.48. The highest BCUT2D eigenvalue weighted by Gasteiger charge is 2.37. The standard InChI is InChI=1S/C15H13F4NO/c16-12-5-1-10(2-6-12)9-21-13-7-3-11(4-8-13)14(20)15(17,18)19/h1-8,14H,9,20H2/t14-/m1/s1.